The van der Waals surface area contributed by atoms with Gasteiger partial charge in [-0.2, -0.15) is 0 Å². The summed E-state index contributed by atoms with van der Waals surface area (Å²) in [7, 11) is 0. The van der Waals surface area contributed by atoms with Crippen molar-refractivity contribution in [3.05, 3.63) is 64.7 Å². The minimum atomic E-state index is 0.0777. The highest BCUT2D eigenvalue weighted by atomic mass is 16.5. The Balaban J connectivity index is 1.34. The summed E-state index contributed by atoms with van der Waals surface area (Å²) in [5, 5.41) is 0. The zero-order valence-electron chi connectivity index (χ0n) is 14.5. The van der Waals surface area contributed by atoms with Crippen LogP contribution < -0.4 is 4.74 Å². The zero-order valence-corrected chi connectivity index (χ0v) is 14.5. The Morgan fingerprint density at radius 2 is 1.50 bits per heavy atom. The van der Waals surface area contributed by atoms with Crippen LogP contribution >= 0.6 is 0 Å². The number of hydrogen-bond donors (Lipinski definition) is 0. The van der Waals surface area contributed by atoms with Crippen LogP contribution in [-0.4, -0.2) is 38.1 Å². The molecule has 0 saturated carbocycles. The number of rotatable bonds is 3. The number of hydrogen-bond acceptors (Lipinski definition) is 5. The topological polar surface area (TPSA) is 52.4 Å². The molecule has 1 atom stereocenters. The van der Waals surface area contributed by atoms with Gasteiger partial charge in [-0.3, -0.25) is 0 Å². The van der Waals surface area contributed by atoms with Gasteiger partial charge >= 0.3 is 0 Å². The molecule has 0 aromatic heterocycles. The molecule has 5 rings (SSSR count). The quantitative estimate of drug-likeness (QED) is 0.855. The van der Waals surface area contributed by atoms with Gasteiger partial charge in [-0.25, -0.2) is 9.98 Å². The molecule has 0 amide bonds. The van der Waals surface area contributed by atoms with Gasteiger partial charge in [-0.05, 0) is 54.3 Å². The Bertz CT molecular complexity index is 887. The molecule has 3 heterocycles. The molecule has 0 N–H and O–H groups in total. The molecule has 1 unspecified atom stereocenters. The van der Waals surface area contributed by atoms with Gasteiger partial charge in [0.25, 0.3) is 0 Å². The van der Waals surface area contributed by atoms with E-state index >= 15 is 0 Å². The van der Waals surface area contributed by atoms with Gasteiger partial charge in [0.15, 0.2) is 0 Å². The van der Waals surface area contributed by atoms with Crippen molar-refractivity contribution in [2.24, 2.45) is 9.98 Å². The third-order valence-electron chi connectivity index (χ3n) is 4.95. The van der Waals surface area contributed by atoms with Crippen molar-refractivity contribution < 1.29 is 14.2 Å². The molecule has 0 spiro atoms. The van der Waals surface area contributed by atoms with E-state index in [1.807, 2.05) is 12.1 Å². The molecule has 5 nitrogen and oxygen atoms in total. The summed E-state index contributed by atoms with van der Waals surface area (Å²) >= 11 is 0. The maximum atomic E-state index is 6.26. The molecule has 2 aromatic rings. The average molecular weight is 348 g/mol. The lowest BCUT2D eigenvalue weighted by Crippen LogP contribution is -2.16. The first kappa shape index (κ1) is 15.4. The highest BCUT2D eigenvalue weighted by Crippen LogP contribution is 2.35. The maximum absolute atomic E-state index is 6.26. The fraction of sp³-hybridized carbons (Fsp3) is 0.333. The van der Waals surface area contributed by atoms with Crippen molar-refractivity contribution >= 4 is 11.8 Å². The van der Waals surface area contributed by atoms with E-state index in [-0.39, 0.29) is 6.10 Å². The van der Waals surface area contributed by atoms with Gasteiger partial charge in [-0.15, -0.1) is 0 Å². The van der Waals surface area contributed by atoms with Crippen LogP contribution in [0, 0.1) is 0 Å². The number of aliphatic imine (C=N–C) groups is 2. The van der Waals surface area contributed by atoms with Crippen molar-refractivity contribution in [2.45, 2.75) is 18.9 Å². The summed E-state index contributed by atoms with van der Waals surface area (Å²) in [5.74, 6) is 2.45. The van der Waals surface area contributed by atoms with Crippen molar-refractivity contribution in [3.8, 4) is 5.75 Å². The van der Waals surface area contributed by atoms with Crippen LogP contribution in [0.15, 0.2) is 52.4 Å². The minimum absolute atomic E-state index is 0.0777. The summed E-state index contributed by atoms with van der Waals surface area (Å²) in [6.07, 6.45) is 2.02. The lowest BCUT2D eigenvalue weighted by Gasteiger charge is -2.27. The molecule has 0 aliphatic carbocycles. The van der Waals surface area contributed by atoms with Gasteiger partial charge in [0.05, 0.1) is 13.1 Å². The Kier molecular flexibility index (Phi) is 3.85. The molecule has 2 aromatic carbocycles. The van der Waals surface area contributed by atoms with Gasteiger partial charge in [-0.1, -0.05) is 12.1 Å². The molecule has 0 fully saturated rings. The highest BCUT2D eigenvalue weighted by Gasteiger charge is 2.23. The van der Waals surface area contributed by atoms with E-state index in [1.165, 1.54) is 11.1 Å². The normalized spacial score (nSPS) is 21.2. The van der Waals surface area contributed by atoms with Crippen molar-refractivity contribution in [2.75, 3.05) is 26.3 Å². The zero-order chi connectivity index (χ0) is 17.3. The number of nitrogens with zero attached hydrogens (tertiary/aromatic N) is 2. The molecular formula is C21H20N2O3. The predicted molar refractivity (Wildman–Crippen MR) is 99.3 cm³/mol. The molecule has 0 radical (unpaired) electrons. The van der Waals surface area contributed by atoms with Crippen molar-refractivity contribution in [1.29, 1.82) is 0 Å². The van der Waals surface area contributed by atoms with E-state index in [0.29, 0.717) is 13.2 Å². The largest absolute Gasteiger partial charge is 0.485 e. The number of benzene rings is 2. The summed E-state index contributed by atoms with van der Waals surface area (Å²) in [6, 6.07) is 14.6. The van der Waals surface area contributed by atoms with Gasteiger partial charge in [0.2, 0.25) is 11.8 Å². The summed E-state index contributed by atoms with van der Waals surface area (Å²) < 4.78 is 17.3. The highest BCUT2D eigenvalue weighted by molar-refractivity contribution is 5.95. The number of ether oxygens (including phenoxy) is 3. The summed E-state index contributed by atoms with van der Waals surface area (Å²) in [4.78, 5) is 8.75. The van der Waals surface area contributed by atoms with Crippen LogP contribution in [0.1, 0.15) is 34.8 Å². The molecule has 3 aliphatic rings. The van der Waals surface area contributed by atoms with Gasteiger partial charge in [0.1, 0.15) is 25.1 Å². The SMILES string of the molecule is c1cc(C2CCc3cc(C4=NCCO4)ccc3O2)ccc1C1=NCCO1. The Hall–Kier alpha value is -2.82. The van der Waals surface area contributed by atoms with E-state index in [4.69, 9.17) is 14.2 Å². The third-order valence-corrected chi connectivity index (χ3v) is 4.95. The first-order valence-electron chi connectivity index (χ1n) is 9.11. The Morgan fingerprint density at radius 1 is 0.808 bits per heavy atom. The van der Waals surface area contributed by atoms with Crippen LogP contribution in [-0.2, 0) is 15.9 Å². The number of aryl methyl sites for hydroxylation is 1. The van der Waals surface area contributed by atoms with Crippen LogP contribution in [0.2, 0.25) is 0 Å². The molecule has 26 heavy (non-hydrogen) atoms. The van der Waals surface area contributed by atoms with E-state index in [0.717, 1.165) is 54.6 Å². The molecule has 0 saturated heterocycles. The van der Waals surface area contributed by atoms with Crippen LogP contribution in [0.25, 0.3) is 0 Å². The van der Waals surface area contributed by atoms with Crippen molar-refractivity contribution in [3.63, 3.8) is 0 Å². The predicted octanol–water partition coefficient (Wildman–Crippen LogP) is 3.31. The lowest BCUT2D eigenvalue weighted by molar-refractivity contribution is 0.176. The molecule has 132 valence electrons. The Labute approximate surface area is 152 Å². The first-order valence-corrected chi connectivity index (χ1v) is 9.11. The Morgan fingerprint density at radius 3 is 2.19 bits per heavy atom. The van der Waals surface area contributed by atoms with E-state index in [2.05, 4.69) is 40.3 Å². The smallest absolute Gasteiger partial charge is 0.216 e. The van der Waals surface area contributed by atoms with E-state index < -0.39 is 0 Å². The monoisotopic (exact) mass is 348 g/mol. The van der Waals surface area contributed by atoms with Crippen molar-refractivity contribution in [1.82, 2.24) is 0 Å². The fourth-order valence-electron chi connectivity index (χ4n) is 3.62. The molecular weight excluding hydrogens is 328 g/mol. The van der Waals surface area contributed by atoms with Crippen LogP contribution in [0.4, 0.5) is 0 Å². The maximum Gasteiger partial charge on any atom is 0.216 e. The molecule has 5 heteroatoms. The third kappa shape index (κ3) is 2.83. The van der Waals surface area contributed by atoms with E-state index in [9.17, 15) is 0 Å². The molecule has 0 bridgehead atoms. The van der Waals surface area contributed by atoms with Gasteiger partial charge in [0, 0.05) is 11.1 Å². The summed E-state index contributed by atoms with van der Waals surface area (Å²) in [5.41, 5.74) is 4.49. The summed E-state index contributed by atoms with van der Waals surface area (Å²) in [6.45, 7) is 2.86. The van der Waals surface area contributed by atoms with Crippen LogP contribution in [0.5, 0.6) is 5.75 Å². The van der Waals surface area contributed by atoms with E-state index in [1.54, 1.807) is 0 Å². The second kappa shape index (κ2) is 6.48. The molecule has 3 aliphatic heterocycles. The lowest BCUT2D eigenvalue weighted by atomic mass is 9.95. The average Bonchev–Trinajstić information content (AvgIpc) is 3.41. The number of fused-ring (bicyclic) bond motifs is 1. The second-order valence-electron chi connectivity index (χ2n) is 6.66. The van der Waals surface area contributed by atoms with Crippen LogP contribution in [0.3, 0.4) is 0 Å². The first-order chi connectivity index (χ1) is 12.9. The van der Waals surface area contributed by atoms with Gasteiger partial charge < -0.3 is 14.2 Å². The second-order valence-corrected chi connectivity index (χ2v) is 6.66. The minimum Gasteiger partial charge on any atom is -0.485 e. The fourth-order valence-corrected chi connectivity index (χ4v) is 3.62. The standard InChI is InChI=1S/C21H20N2O3/c1-3-15(20-22-9-11-24-20)4-2-14(1)18-7-5-16-13-17(6-8-19(16)26-18)21-23-10-12-25-21/h1-4,6,8,13,18H,5,7,9-12H2.